The van der Waals surface area contributed by atoms with Crippen molar-refractivity contribution in [1.82, 2.24) is 0 Å². The fourth-order valence-corrected chi connectivity index (χ4v) is 5.76. The summed E-state index contributed by atoms with van der Waals surface area (Å²) in [7, 11) is 0. The summed E-state index contributed by atoms with van der Waals surface area (Å²) >= 11 is 0. The van der Waals surface area contributed by atoms with Gasteiger partial charge in [0.15, 0.2) is 0 Å². The number of hydrogen-bond acceptors (Lipinski definition) is 5. The van der Waals surface area contributed by atoms with Crippen LogP contribution in [0.4, 0.5) is 0 Å². The van der Waals surface area contributed by atoms with Crippen molar-refractivity contribution in [1.29, 1.82) is 0 Å². The average Bonchev–Trinajstić information content (AvgIpc) is 3.01. The van der Waals surface area contributed by atoms with Gasteiger partial charge in [-0.3, -0.25) is 0 Å². The lowest BCUT2D eigenvalue weighted by molar-refractivity contribution is -0.0450. The molecule has 0 unspecified atom stereocenters. The monoisotopic (exact) mass is 572 g/mol. The Morgan fingerprint density at radius 1 is 0.561 bits per heavy atom. The molecule has 2 aliphatic rings. The Labute approximate surface area is 251 Å². The van der Waals surface area contributed by atoms with Crippen LogP contribution in [0.25, 0.3) is 0 Å². The number of unbranched alkanes of at least 4 members (excludes halogenated alkanes) is 10. The lowest BCUT2D eigenvalue weighted by Gasteiger charge is -2.29. The van der Waals surface area contributed by atoms with Crippen LogP contribution in [0.15, 0.2) is 24.3 Å². The molecule has 41 heavy (non-hydrogen) atoms. The predicted octanol–water partition coefficient (Wildman–Crippen LogP) is 10.4. The highest BCUT2D eigenvalue weighted by atomic mass is 16.5. The Kier molecular flexibility index (Phi) is 20.4. The Bertz CT molecular complexity index is 730. The molecule has 234 valence electrons. The molecule has 3 rings (SSSR count). The number of carbonyl (C=O) groups excluding carboxylic acids is 2. The Hall–Kier alpha value is -1.88. The van der Waals surface area contributed by atoms with E-state index in [2.05, 4.69) is 13.8 Å². The third-order valence-electron chi connectivity index (χ3n) is 8.32. The van der Waals surface area contributed by atoms with Crippen LogP contribution >= 0.6 is 0 Å². The highest BCUT2D eigenvalue weighted by Gasteiger charge is 2.21. The highest BCUT2D eigenvalue weighted by molar-refractivity contribution is 6.03. The minimum absolute atomic E-state index is 0.293. The van der Waals surface area contributed by atoms with E-state index in [0.717, 1.165) is 25.7 Å². The maximum atomic E-state index is 12.4. The highest BCUT2D eigenvalue weighted by Crippen LogP contribution is 2.27. The lowest BCUT2D eigenvalue weighted by Crippen LogP contribution is -2.25. The number of rotatable bonds is 18. The van der Waals surface area contributed by atoms with Crippen LogP contribution in [-0.4, -0.2) is 37.4 Å². The standard InChI is InChI=1S/C24H38O4.C12H22O/c1-3-5-7-9-11-15-19-27-23(25)21-17-13-14-18-22(21)24(26)28-20-16-12-10-8-6-4-2;1-3-7-11(8-4-1)13-12-9-5-2-6-10-12/h13-14,17-18H,3-12,15-16,19-20H2,1-2H3;11-12H,1-10H2. The molecule has 0 spiro atoms. The molecule has 0 saturated heterocycles. The smallest absolute Gasteiger partial charge is 0.339 e. The lowest BCUT2D eigenvalue weighted by atomic mass is 9.95. The molecule has 0 N–H and O–H groups in total. The molecular weight excluding hydrogens is 512 g/mol. The van der Waals surface area contributed by atoms with E-state index in [0.29, 0.717) is 36.5 Å². The molecule has 5 nitrogen and oxygen atoms in total. The van der Waals surface area contributed by atoms with E-state index in [9.17, 15) is 9.59 Å². The molecule has 2 fully saturated rings. The van der Waals surface area contributed by atoms with Gasteiger partial charge in [-0.25, -0.2) is 9.59 Å². The van der Waals surface area contributed by atoms with Gasteiger partial charge in [0.1, 0.15) is 0 Å². The van der Waals surface area contributed by atoms with Crippen LogP contribution in [-0.2, 0) is 14.2 Å². The van der Waals surface area contributed by atoms with Gasteiger partial charge in [-0.15, -0.1) is 0 Å². The van der Waals surface area contributed by atoms with E-state index in [4.69, 9.17) is 14.2 Å². The van der Waals surface area contributed by atoms with Gasteiger partial charge in [0, 0.05) is 0 Å². The van der Waals surface area contributed by atoms with E-state index in [1.165, 1.54) is 116 Å². The first-order chi connectivity index (χ1) is 20.2. The summed E-state index contributed by atoms with van der Waals surface area (Å²) in [5.41, 5.74) is 0.586. The number of benzene rings is 1. The first-order valence-electron chi connectivity index (χ1n) is 17.2. The normalized spacial score (nSPS) is 16.0. The molecule has 0 amide bonds. The zero-order valence-electron chi connectivity index (χ0n) is 26.5. The summed E-state index contributed by atoms with van der Waals surface area (Å²) in [6.45, 7) is 5.17. The second-order valence-electron chi connectivity index (χ2n) is 12.0. The molecule has 0 radical (unpaired) electrons. The molecule has 0 aromatic heterocycles. The quantitative estimate of drug-likeness (QED) is 0.129. The second kappa shape index (κ2) is 23.7. The number of carbonyl (C=O) groups is 2. The average molecular weight is 573 g/mol. The molecule has 0 atom stereocenters. The number of esters is 2. The van der Waals surface area contributed by atoms with Gasteiger partial charge >= 0.3 is 11.9 Å². The van der Waals surface area contributed by atoms with Gasteiger partial charge in [-0.1, -0.05) is 129 Å². The van der Waals surface area contributed by atoms with E-state index < -0.39 is 11.9 Å². The number of hydrogen-bond donors (Lipinski definition) is 0. The van der Waals surface area contributed by atoms with Gasteiger partial charge in [0.2, 0.25) is 0 Å². The predicted molar refractivity (Wildman–Crippen MR) is 169 cm³/mol. The van der Waals surface area contributed by atoms with Gasteiger partial charge < -0.3 is 14.2 Å². The molecule has 0 bridgehead atoms. The van der Waals surface area contributed by atoms with Gasteiger partial charge in [-0.2, -0.15) is 0 Å². The summed E-state index contributed by atoms with van der Waals surface area (Å²) in [6.07, 6.45) is 28.7. The molecule has 1 aromatic rings. The molecular formula is C36H60O5. The first-order valence-corrected chi connectivity index (χ1v) is 17.2. The third kappa shape index (κ3) is 16.4. The molecule has 0 heterocycles. The van der Waals surface area contributed by atoms with Crippen LogP contribution in [0.3, 0.4) is 0 Å². The van der Waals surface area contributed by atoms with E-state index in [1.54, 1.807) is 24.3 Å². The SMILES string of the molecule is C1CCC(OC2CCCCC2)CC1.CCCCCCCCOC(=O)c1ccccc1C(=O)OCCCCCCCC. The van der Waals surface area contributed by atoms with Crippen LogP contribution in [0.2, 0.25) is 0 Å². The summed E-state index contributed by atoms with van der Waals surface area (Å²) in [5, 5.41) is 0. The van der Waals surface area contributed by atoms with Crippen molar-refractivity contribution in [3.8, 4) is 0 Å². The van der Waals surface area contributed by atoms with Crippen molar-refractivity contribution in [2.24, 2.45) is 0 Å². The van der Waals surface area contributed by atoms with Gasteiger partial charge in [-0.05, 0) is 50.7 Å². The van der Waals surface area contributed by atoms with Crippen molar-refractivity contribution in [3.63, 3.8) is 0 Å². The van der Waals surface area contributed by atoms with Crippen LogP contribution < -0.4 is 0 Å². The van der Waals surface area contributed by atoms with E-state index >= 15 is 0 Å². The van der Waals surface area contributed by atoms with Gasteiger partial charge in [0.25, 0.3) is 0 Å². The summed E-state index contributed by atoms with van der Waals surface area (Å²) < 4.78 is 16.9. The molecule has 5 heteroatoms. The van der Waals surface area contributed by atoms with Gasteiger partial charge in [0.05, 0.1) is 36.5 Å². The third-order valence-corrected chi connectivity index (χ3v) is 8.32. The Balaban J connectivity index is 0.000000372. The topological polar surface area (TPSA) is 61.8 Å². The van der Waals surface area contributed by atoms with Crippen molar-refractivity contribution >= 4 is 11.9 Å². The van der Waals surface area contributed by atoms with E-state index in [1.807, 2.05) is 0 Å². The Morgan fingerprint density at radius 3 is 1.32 bits per heavy atom. The fourth-order valence-electron chi connectivity index (χ4n) is 5.76. The minimum atomic E-state index is -0.444. The summed E-state index contributed by atoms with van der Waals surface area (Å²) in [6, 6.07) is 6.74. The maximum absolute atomic E-state index is 12.4. The molecule has 1 aromatic carbocycles. The van der Waals surface area contributed by atoms with Crippen LogP contribution in [0.5, 0.6) is 0 Å². The van der Waals surface area contributed by atoms with Crippen LogP contribution in [0, 0.1) is 0 Å². The zero-order chi connectivity index (χ0) is 29.4. The molecule has 0 aliphatic heterocycles. The largest absolute Gasteiger partial charge is 0.462 e. The number of ether oxygens (including phenoxy) is 3. The zero-order valence-corrected chi connectivity index (χ0v) is 26.5. The molecule has 2 saturated carbocycles. The molecule has 2 aliphatic carbocycles. The van der Waals surface area contributed by atoms with Crippen LogP contribution in [0.1, 0.15) is 176 Å². The maximum Gasteiger partial charge on any atom is 0.339 e. The van der Waals surface area contributed by atoms with Crippen molar-refractivity contribution in [3.05, 3.63) is 35.4 Å². The Morgan fingerprint density at radius 2 is 0.927 bits per heavy atom. The van der Waals surface area contributed by atoms with Crippen molar-refractivity contribution < 1.29 is 23.8 Å². The fraction of sp³-hybridized carbons (Fsp3) is 0.778. The summed E-state index contributed by atoms with van der Waals surface area (Å²) in [4.78, 5) is 24.7. The minimum Gasteiger partial charge on any atom is -0.462 e. The van der Waals surface area contributed by atoms with Crippen molar-refractivity contribution in [2.45, 2.75) is 167 Å². The second-order valence-corrected chi connectivity index (χ2v) is 12.0. The van der Waals surface area contributed by atoms with E-state index in [-0.39, 0.29) is 0 Å². The first kappa shape index (κ1) is 35.3. The summed E-state index contributed by atoms with van der Waals surface area (Å²) in [5.74, 6) is -0.888. The van der Waals surface area contributed by atoms with Crippen molar-refractivity contribution in [2.75, 3.05) is 13.2 Å².